The SMILES string of the molecule is CCCC[C@H](O)/C=C/C=C/C(=O)OC. The van der Waals surface area contributed by atoms with Gasteiger partial charge >= 0.3 is 5.97 Å². The van der Waals surface area contributed by atoms with Gasteiger partial charge in [-0.3, -0.25) is 0 Å². The average Bonchev–Trinajstić information content (AvgIpc) is 2.21. The maximum absolute atomic E-state index is 10.6. The standard InChI is InChI=1S/C11H18O3/c1-3-4-7-10(12)8-5-6-9-11(13)14-2/h5-6,8-10,12H,3-4,7H2,1-2H3/b8-5+,9-6+/t10-/m0/s1. The predicted octanol–water partition coefficient (Wildman–Crippen LogP) is 1.82. The van der Waals surface area contributed by atoms with Crippen LogP contribution in [0.2, 0.25) is 0 Å². The number of rotatable bonds is 6. The molecule has 0 amide bonds. The Labute approximate surface area is 85.1 Å². The zero-order valence-corrected chi connectivity index (χ0v) is 8.77. The molecular formula is C11H18O3. The van der Waals surface area contributed by atoms with Gasteiger partial charge in [-0.1, -0.05) is 38.0 Å². The molecule has 0 spiro atoms. The summed E-state index contributed by atoms with van der Waals surface area (Å²) >= 11 is 0. The zero-order chi connectivity index (χ0) is 10.8. The third-order valence-electron chi connectivity index (χ3n) is 1.73. The zero-order valence-electron chi connectivity index (χ0n) is 8.77. The number of ether oxygens (including phenoxy) is 1. The number of carbonyl (C=O) groups excluding carboxylic acids is 1. The van der Waals surface area contributed by atoms with Gasteiger partial charge in [-0.2, -0.15) is 0 Å². The quantitative estimate of drug-likeness (QED) is 0.402. The summed E-state index contributed by atoms with van der Waals surface area (Å²) in [7, 11) is 1.33. The van der Waals surface area contributed by atoms with Crippen LogP contribution < -0.4 is 0 Å². The summed E-state index contributed by atoms with van der Waals surface area (Å²) in [6.45, 7) is 2.08. The largest absolute Gasteiger partial charge is 0.466 e. The lowest BCUT2D eigenvalue weighted by Gasteiger charge is -2.01. The molecule has 80 valence electrons. The summed E-state index contributed by atoms with van der Waals surface area (Å²) in [6.07, 6.45) is 8.60. The average molecular weight is 198 g/mol. The fraction of sp³-hybridized carbons (Fsp3) is 0.545. The first kappa shape index (κ1) is 12.9. The number of allylic oxidation sites excluding steroid dienone is 2. The number of esters is 1. The van der Waals surface area contributed by atoms with Crippen LogP contribution in [0.4, 0.5) is 0 Å². The molecule has 0 aromatic heterocycles. The van der Waals surface area contributed by atoms with E-state index >= 15 is 0 Å². The second-order valence-electron chi connectivity index (χ2n) is 2.98. The third-order valence-corrected chi connectivity index (χ3v) is 1.73. The van der Waals surface area contributed by atoms with Crippen molar-refractivity contribution in [3.63, 3.8) is 0 Å². The van der Waals surface area contributed by atoms with Gasteiger partial charge in [-0.25, -0.2) is 4.79 Å². The van der Waals surface area contributed by atoms with E-state index in [0.29, 0.717) is 0 Å². The van der Waals surface area contributed by atoms with E-state index in [1.807, 2.05) is 0 Å². The molecule has 0 saturated heterocycles. The number of hydrogen-bond acceptors (Lipinski definition) is 3. The van der Waals surface area contributed by atoms with E-state index in [9.17, 15) is 9.90 Å². The minimum absolute atomic E-state index is 0.391. The van der Waals surface area contributed by atoms with Crippen molar-refractivity contribution in [1.29, 1.82) is 0 Å². The lowest BCUT2D eigenvalue weighted by molar-refractivity contribution is -0.134. The normalized spacial score (nSPS) is 13.6. The molecule has 0 bridgehead atoms. The molecule has 0 heterocycles. The summed E-state index contributed by atoms with van der Waals surface area (Å²) in [5.74, 6) is -0.391. The number of hydrogen-bond donors (Lipinski definition) is 1. The fourth-order valence-electron chi connectivity index (χ4n) is 0.904. The summed E-state index contributed by atoms with van der Waals surface area (Å²) in [5.41, 5.74) is 0. The Morgan fingerprint density at radius 3 is 2.79 bits per heavy atom. The minimum atomic E-state index is -0.419. The second-order valence-corrected chi connectivity index (χ2v) is 2.98. The topological polar surface area (TPSA) is 46.5 Å². The van der Waals surface area contributed by atoms with Crippen molar-refractivity contribution in [1.82, 2.24) is 0 Å². The van der Waals surface area contributed by atoms with E-state index in [4.69, 9.17) is 0 Å². The molecule has 0 saturated carbocycles. The molecule has 0 unspecified atom stereocenters. The smallest absolute Gasteiger partial charge is 0.330 e. The molecule has 0 aliphatic carbocycles. The highest BCUT2D eigenvalue weighted by atomic mass is 16.5. The number of methoxy groups -OCH3 is 1. The number of aliphatic hydroxyl groups excluding tert-OH is 1. The van der Waals surface area contributed by atoms with Crippen molar-refractivity contribution in [2.75, 3.05) is 7.11 Å². The van der Waals surface area contributed by atoms with Gasteiger partial charge in [0, 0.05) is 6.08 Å². The Balaban J connectivity index is 3.70. The fourth-order valence-corrected chi connectivity index (χ4v) is 0.904. The van der Waals surface area contributed by atoms with Gasteiger partial charge in [0.05, 0.1) is 13.2 Å². The summed E-state index contributed by atoms with van der Waals surface area (Å²) in [6, 6.07) is 0. The van der Waals surface area contributed by atoms with Crippen molar-refractivity contribution >= 4 is 5.97 Å². The molecular weight excluding hydrogens is 180 g/mol. The highest BCUT2D eigenvalue weighted by Crippen LogP contribution is 2.01. The highest BCUT2D eigenvalue weighted by Gasteiger charge is 1.95. The van der Waals surface area contributed by atoms with Crippen LogP contribution in [0.5, 0.6) is 0 Å². The van der Waals surface area contributed by atoms with Gasteiger partial charge in [0.2, 0.25) is 0 Å². The van der Waals surface area contributed by atoms with Crippen LogP contribution >= 0.6 is 0 Å². The van der Waals surface area contributed by atoms with E-state index in [2.05, 4.69) is 11.7 Å². The monoisotopic (exact) mass is 198 g/mol. The molecule has 1 N–H and O–H groups in total. The van der Waals surface area contributed by atoms with Gasteiger partial charge < -0.3 is 9.84 Å². The van der Waals surface area contributed by atoms with E-state index in [1.165, 1.54) is 13.2 Å². The van der Waals surface area contributed by atoms with Gasteiger partial charge in [0.25, 0.3) is 0 Å². The first-order valence-corrected chi connectivity index (χ1v) is 4.81. The molecule has 0 aliphatic heterocycles. The molecule has 0 aliphatic rings. The Morgan fingerprint density at radius 2 is 2.21 bits per heavy atom. The van der Waals surface area contributed by atoms with Gasteiger partial charge in [0.1, 0.15) is 0 Å². The Kier molecular flexibility index (Phi) is 7.84. The molecule has 14 heavy (non-hydrogen) atoms. The van der Waals surface area contributed by atoms with Crippen molar-refractivity contribution < 1.29 is 14.6 Å². The third kappa shape index (κ3) is 7.55. The molecule has 0 aromatic rings. The Bertz CT molecular complexity index is 207. The van der Waals surface area contributed by atoms with Crippen molar-refractivity contribution in [2.45, 2.75) is 32.3 Å². The molecule has 1 atom stereocenters. The van der Waals surface area contributed by atoms with Crippen LogP contribution in [0.25, 0.3) is 0 Å². The minimum Gasteiger partial charge on any atom is -0.466 e. The van der Waals surface area contributed by atoms with E-state index < -0.39 is 12.1 Å². The number of unbranched alkanes of at least 4 members (excludes halogenated alkanes) is 1. The van der Waals surface area contributed by atoms with Crippen LogP contribution in [0, 0.1) is 0 Å². The number of carbonyl (C=O) groups is 1. The molecule has 3 nitrogen and oxygen atoms in total. The Morgan fingerprint density at radius 1 is 1.50 bits per heavy atom. The van der Waals surface area contributed by atoms with Crippen molar-refractivity contribution in [2.24, 2.45) is 0 Å². The van der Waals surface area contributed by atoms with Crippen LogP contribution in [-0.2, 0) is 9.53 Å². The van der Waals surface area contributed by atoms with Crippen LogP contribution in [0.1, 0.15) is 26.2 Å². The first-order chi connectivity index (χ1) is 6.70. The lowest BCUT2D eigenvalue weighted by atomic mass is 10.1. The van der Waals surface area contributed by atoms with E-state index in [-0.39, 0.29) is 0 Å². The van der Waals surface area contributed by atoms with Crippen LogP contribution in [-0.4, -0.2) is 24.3 Å². The summed E-state index contributed by atoms with van der Waals surface area (Å²) in [5, 5.41) is 9.37. The van der Waals surface area contributed by atoms with Crippen molar-refractivity contribution in [3.05, 3.63) is 24.3 Å². The van der Waals surface area contributed by atoms with Crippen molar-refractivity contribution in [3.8, 4) is 0 Å². The maximum atomic E-state index is 10.6. The maximum Gasteiger partial charge on any atom is 0.330 e. The van der Waals surface area contributed by atoms with Crippen LogP contribution in [0.3, 0.4) is 0 Å². The van der Waals surface area contributed by atoms with E-state index in [1.54, 1.807) is 18.2 Å². The summed E-state index contributed by atoms with van der Waals surface area (Å²) < 4.78 is 4.40. The van der Waals surface area contributed by atoms with Gasteiger partial charge in [0.15, 0.2) is 0 Å². The van der Waals surface area contributed by atoms with Crippen LogP contribution in [0.15, 0.2) is 24.3 Å². The highest BCUT2D eigenvalue weighted by molar-refractivity contribution is 5.82. The number of aliphatic hydroxyl groups is 1. The van der Waals surface area contributed by atoms with Gasteiger partial charge in [-0.15, -0.1) is 0 Å². The summed E-state index contributed by atoms with van der Waals surface area (Å²) in [4.78, 5) is 10.6. The molecule has 0 fully saturated rings. The Hall–Kier alpha value is -1.09. The molecule has 0 radical (unpaired) electrons. The second kappa shape index (κ2) is 8.51. The van der Waals surface area contributed by atoms with Gasteiger partial charge in [-0.05, 0) is 6.42 Å². The van der Waals surface area contributed by atoms with E-state index in [0.717, 1.165) is 19.3 Å². The first-order valence-electron chi connectivity index (χ1n) is 4.81. The molecule has 0 aromatic carbocycles. The molecule has 0 rings (SSSR count). The lowest BCUT2D eigenvalue weighted by Crippen LogP contribution is -2.00. The predicted molar refractivity (Wildman–Crippen MR) is 55.8 cm³/mol. The molecule has 3 heteroatoms.